The van der Waals surface area contributed by atoms with Gasteiger partial charge in [0.25, 0.3) is 5.17 Å². The van der Waals surface area contributed by atoms with E-state index in [9.17, 15) is 5.11 Å². The minimum atomic E-state index is -0.321. The smallest absolute Gasteiger partial charge is 0.299 e. The number of aliphatic hydroxyl groups excluding tert-OH is 3. The number of rotatable bonds is 19. The predicted octanol–water partition coefficient (Wildman–Crippen LogP) is -10.5. The predicted molar refractivity (Wildman–Crippen MR) is 193 cm³/mol. The second-order valence-corrected chi connectivity index (χ2v) is 15.1. The Morgan fingerprint density at radius 1 is 0.690 bits per heavy atom. The molecule has 0 radical (unpaired) electrons. The molecule has 0 saturated heterocycles. The second kappa shape index (κ2) is 49.4. The molecular formula is C18H46Cl4N8O4S8-2. The summed E-state index contributed by atoms with van der Waals surface area (Å²) in [6, 6.07) is 0. The normalized spacial score (nSPS) is 9.71. The minimum absolute atomic E-state index is 0. The van der Waals surface area contributed by atoms with Crippen LogP contribution in [0.4, 0.5) is 0 Å². The van der Waals surface area contributed by atoms with Gasteiger partial charge in [0.05, 0.1) is 19.3 Å². The quantitative estimate of drug-likeness (QED) is 0.0249. The van der Waals surface area contributed by atoms with Gasteiger partial charge in [0.15, 0.2) is 15.4 Å². The molecule has 0 aromatic heterocycles. The number of hydrogen-bond acceptors (Lipinski definition) is 13. The van der Waals surface area contributed by atoms with Crippen LogP contribution in [0, 0.1) is 10.8 Å². The first kappa shape index (κ1) is 62.4. The maximum absolute atomic E-state index is 9.30. The van der Waals surface area contributed by atoms with Crippen molar-refractivity contribution in [1.29, 1.82) is 10.8 Å². The van der Waals surface area contributed by atoms with Gasteiger partial charge in [-0.1, -0.05) is 23.5 Å². The number of amidine groups is 3. The molecule has 1 unspecified atom stereocenters. The van der Waals surface area contributed by atoms with Gasteiger partial charge in [0, 0.05) is 62.8 Å². The van der Waals surface area contributed by atoms with E-state index >= 15 is 0 Å². The molecule has 24 heteroatoms. The van der Waals surface area contributed by atoms with Crippen molar-refractivity contribution >= 4 is 128 Å². The Bertz CT molecular complexity index is 608. The molecule has 0 amide bonds. The molecule has 1 atom stereocenters. The van der Waals surface area contributed by atoms with Crippen molar-refractivity contribution in [2.24, 2.45) is 28.7 Å². The van der Waals surface area contributed by atoms with Crippen molar-refractivity contribution in [3.05, 3.63) is 0 Å². The Kier molecular flexibility index (Phi) is 73.4. The summed E-state index contributed by atoms with van der Waals surface area (Å²) in [6.07, 6.45) is -0.321. The fourth-order valence-electron chi connectivity index (χ4n) is 1.74. The molecular weight excluding hydrogens is 791 g/mol. The number of thioether (sulfide) groups is 7. The van der Waals surface area contributed by atoms with E-state index in [2.05, 4.69) is 23.7 Å². The number of nitrogens with two attached hydrogens (primary N) is 6. The Morgan fingerprint density at radius 3 is 1.48 bits per heavy atom. The highest BCUT2D eigenvalue weighted by Crippen LogP contribution is 2.22. The molecule has 0 aromatic carbocycles. The summed E-state index contributed by atoms with van der Waals surface area (Å²) in [6.45, 7) is 0.336. The monoisotopic (exact) mass is 834 g/mol. The number of thiocarbonyl (C=S) groups is 1. The molecule has 0 aliphatic carbocycles. The lowest BCUT2D eigenvalue weighted by Gasteiger charge is -2.15. The SMILES string of the molecule is Cl.N=C(N)SCCSCC(CSC(=N)N)SCCSC(N)=[NH2+].NC(N)=S.O.OCCSCC(O)CSCCO.[Cl-].[Cl-].[Cl-]. The average Bonchev–Trinajstić information content (AvgIpc) is 2.79. The zero-order valence-electron chi connectivity index (χ0n) is 22.8. The van der Waals surface area contributed by atoms with Crippen molar-refractivity contribution < 1.29 is 63.4 Å². The third kappa shape index (κ3) is 68.6. The van der Waals surface area contributed by atoms with E-state index in [4.69, 9.17) is 43.6 Å². The van der Waals surface area contributed by atoms with E-state index in [-0.39, 0.29) is 89.9 Å². The standard InChI is InChI=1S/C10H22N6S5.C7H16O3S2.CH4N2S.4ClH.H2O/c11-8(12)19-2-1-17-5-7(6-21-10(15)16)18-3-4-20-9(13)14;8-1-3-11-5-7(10)6-12-4-2-9;2-1(3)4;;;;;/h7H,1-6H2,(H3,11,12)(H3,13,14)(H3,15,16);7-10H,1-6H2;(H4,2,3,4);4*1H;1H2/p-2. The fourth-order valence-corrected chi connectivity index (χ4v) is 8.02. The van der Waals surface area contributed by atoms with E-state index < -0.39 is 0 Å². The van der Waals surface area contributed by atoms with Gasteiger partial charge >= 0.3 is 0 Å². The number of aliphatic hydroxyl groups is 3. The highest BCUT2D eigenvalue weighted by Gasteiger charge is 2.11. The Hall–Kier alpha value is 1.55. The van der Waals surface area contributed by atoms with Gasteiger partial charge in [-0.05, 0) is 24.0 Å². The van der Waals surface area contributed by atoms with Crippen LogP contribution in [0.15, 0.2) is 0 Å². The molecule has 0 aliphatic heterocycles. The van der Waals surface area contributed by atoms with E-state index in [1.54, 1.807) is 23.5 Å². The zero-order valence-corrected chi connectivity index (χ0v) is 32.4. The van der Waals surface area contributed by atoms with Crippen molar-refractivity contribution in [2.75, 3.05) is 70.7 Å². The first-order valence-corrected chi connectivity index (χ1v) is 18.6. The maximum atomic E-state index is 9.30. The van der Waals surface area contributed by atoms with Crippen LogP contribution < -0.4 is 71.3 Å². The lowest BCUT2D eigenvalue weighted by molar-refractivity contribution is -0.110. The highest BCUT2D eigenvalue weighted by molar-refractivity contribution is 8.15. The third-order valence-corrected chi connectivity index (χ3v) is 10.8. The van der Waals surface area contributed by atoms with Gasteiger partial charge in [-0.15, -0.1) is 12.4 Å². The molecule has 260 valence electrons. The molecule has 0 aromatic rings. The molecule has 0 spiro atoms. The maximum Gasteiger partial charge on any atom is 0.299 e. The number of hydrogen-bond donors (Lipinski definition) is 11. The molecule has 0 saturated carbocycles. The van der Waals surface area contributed by atoms with Crippen LogP contribution in [0.2, 0.25) is 0 Å². The van der Waals surface area contributed by atoms with Gasteiger partial charge in [-0.25, -0.2) is 0 Å². The molecule has 0 heterocycles. The molecule has 19 N–H and O–H groups in total. The van der Waals surface area contributed by atoms with Crippen molar-refractivity contribution in [1.82, 2.24) is 0 Å². The van der Waals surface area contributed by atoms with Crippen LogP contribution in [0.3, 0.4) is 0 Å². The van der Waals surface area contributed by atoms with Crippen molar-refractivity contribution in [2.45, 2.75) is 11.4 Å². The summed E-state index contributed by atoms with van der Waals surface area (Å²) >= 11 is 15.1. The largest absolute Gasteiger partial charge is 1.00 e. The highest BCUT2D eigenvalue weighted by atomic mass is 35.5. The van der Waals surface area contributed by atoms with Crippen LogP contribution in [-0.2, 0) is 0 Å². The van der Waals surface area contributed by atoms with E-state index in [1.165, 1.54) is 35.3 Å². The topological polar surface area (TPSA) is 296 Å². The summed E-state index contributed by atoms with van der Waals surface area (Å²) in [5.41, 5.74) is 25.3. The molecule has 0 aliphatic rings. The van der Waals surface area contributed by atoms with Crippen molar-refractivity contribution in [3.63, 3.8) is 0 Å². The van der Waals surface area contributed by atoms with Crippen LogP contribution >= 0.6 is 107 Å². The molecule has 0 bridgehead atoms. The van der Waals surface area contributed by atoms with E-state index in [0.29, 0.717) is 33.4 Å². The van der Waals surface area contributed by atoms with E-state index in [1.807, 2.05) is 23.5 Å². The summed E-state index contributed by atoms with van der Waals surface area (Å²) in [7, 11) is 0. The minimum Gasteiger partial charge on any atom is -1.00 e. The Balaban J connectivity index is -0.0000000792. The zero-order chi connectivity index (χ0) is 28.9. The Labute approximate surface area is 309 Å². The summed E-state index contributed by atoms with van der Waals surface area (Å²) in [5.74, 6) is 8.19. The van der Waals surface area contributed by atoms with Gasteiger partial charge in [0.2, 0.25) is 0 Å². The summed E-state index contributed by atoms with van der Waals surface area (Å²) < 4.78 is 0. The summed E-state index contributed by atoms with van der Waals surface area (Å²) in [5, 5.41) is 47.2. The lowest BCUT2D eigenvalue weighted by atomic mass is 10.5. The first-order chi connectivity index (χ1) is 17.5. The van der Waals surface area contributed by atoms with Gasteiger partial charge in [0.1, 0.15) is 0 Å². The van der Waals surface area contributed by atoms with E-state index in [0.717, 1.165) is 34.5 Å². The average molecular weight is 837 g/mol. The van der Waals surface area contributed by atoms with Crippen molar-refractivity contribution in [3.8, 4) is 0 Å². The van der Waals surface area contributed by atoms with Gasteiger partial charge in [-0.3, -0.25) is 22.0 Å². The van der Waals surface area contributed by atoms with Crippen LogP contribution in [-0.4, -0.2) is 124 Å². The molecule has 0 fully saturated rings. The second-order valence-electron chi connectivity index (χ2n) is 6.36. The molecule has 42 heavy (non-hydrogen) atoms. The van der Waals surface area contributed by atoms with Crippen LogP contribution in [0.1, 0.15) is 0 Å². The fraction of sp³-hybridized carbons (Fsp3) is 0.778. The molecule has 0 rings (SSSR count). The van der Waals surface area contributed by atoms with Crippen LogP contribution in [0.5, 0.6) is 0 Å². The number of halogens is 4. The summed E-state index contributed by atoms with van der Waals surface area (Å²) in [4.78, 5) is 0. The van der Waals surface area contributed by atoms with Gasteiger partial charge in [-0.2, -0.15) is 47.0 Å². The number of nitrogens with one attached hydrogen (secondary N) is 2. The Morgan fingerprint density at radius 2 is 1.10 bits per heavy atom. The molecule has 12 nitrogen and oxygen atoms in total. The third-order valence-electron chi connectivity index (χ3n) is 3.01. The van der Waals surface area contributed by atoms with Crippen LogP contribution in [0.25, 0.3) is 0 Å². The lowest BCUT2D eigenvalue weighted by Crippen LogP contribution is -3.00. The van der Waals surface area contributed by atoms with Gasteiger partial charge < -0.3 is 81.0 Å². The first-order valence-electron chi connectivity index (χ1n) is 10.7.